The lowest BCUT2D eigenvalue weighted by Gasteiger charge is -2.22. The number of rotatable bonds is 6. The predicted octanol–water partition coefficient (Wildman–Crippen LogP) is 2.54. The third-order valence-corrected chi connectivity index (χ3v) is 5.48. The molecule has 0 radical (unpaired) electrons. The maximum Gasteiger partial charge on any atom is 0.325 e. The van der Waals surface area contributed by atoms with Gasteiger partial charge in [0.15, 0.2) is 0 Å². The Morgan fingerprint density at radius 2 is 2.00 bits per heavy atom. The Morgan fingerprint density at radius 1 is 1.26 bits per heavy atom. The molecule has 2 aliphatic rings. The summed E-state index contributed by atoms with van der Waals surface area (Å²) in [5.41, 5.74) is 1.55. The molecule has 4 rings (SSSR count). The zero-order valence-corrected chi connectivity index (χ0v) is 17.6. The van der Waals surface area contributed by atoms with E-state index < -0.39 is 29.9 Å². The molecule has 2 atom stereocenters. The van der Waals surface area contributed by atoms with Gasteiger partial charge in [-0.15, -0.1) is 0 Å². The molecule has 9 nitrogen and oxygen atoms in total. The SMILES string of the molecule is COc1ccc(C2=NN(C(=O)CN3C(=O)N[C@H](C(C)C)C3=O)[C@@H](c3ccco3)C2)cc1. The Hall–Kier alpha value is -3.62. The van der Waals surface area contributed by atoms with Crippen molar-refractivity contribution in [1.82, 2.24) is 15.2 Å². The van der Waals surface area contributed by atoms with E-state index in [4.69, 9.17) is 9.15 Å². The van der Waals surface area contributed by atoms with Gasteiger partial charge in [-0.05, 0) is 47.9 Å². The van der Waals surface area contributed by atoms with Crippen LogP contribution in [0.15, 0.2) is 52.2 Å². The van der Waals surface area contributed by atoms with Gasteiger partial charge < -0.3 is 14.5 Å². The number of benzene rings is 1. The van der Waals surface area contributed by atoms with E-state index in [1.165, 1.54) is 11.3 Å². The molecule has 0 bridgehead atoms. The van der Waals surface area contributed by atoms with Gasteiger partial charge in [0.25, 0.3) is 11.8 Å². The lowest BCUT2D eigenvalue weighted by atomic mass is 10.0. The van der Waals surface area contributed by atoms with E-state index in [2.05, 4.69) is 10.4 Å². The molecule has 31 heavy (non-hydrogen) atoms. The Morgan fingerprint density at radius 3 is 2.58 bits per heavy atom. The smallest absolute Gasteiger partial charge is 0.325 e. The van der Waals surface area contributed by atoms with Crippen LogP contribution in [-0.4, -0.2) is 53.2 Å². The second kappa shape index (κ2) is 8.25. The zero-order chi connectivity index (χ0) is 22.1. The maximum absolute atomic E-state index is 13.1. The van der Waals surface area contributed by atoms with Crippen LogP contribution in [0.3, 0.4) is 0 Å². The van der Waals surface area contributed by atoms with Crippen molar-refractivity contribution in [3.05, 3.63) is 54.0 Å². The number of furan rings is 1. The van der Waals surface area contributed by atoms with Gasteiger partial charge in [0, 0.05) is 6.42 Å². The highest BCUT2D eigenvalue weighted by Gasteiger charge is 2.43. The van der Waals surface area contributed by atoms with Crippen molar-refractivity contribution < 1.29 is 23.5 Å². The lowest BCUT2D eigenvalue weighted by molar-refractivity contribution is -0.139. The average Bonchev–Trinajstić information content (AvgIpc) is 3.49. The molecule has 0 spiro atoms. The monoisotopic (exact) mass is 424 g/mol. The predicted molar refractivity (Wildman–Crippen MR) is 111 cm³/mol. The van der Waals surface area contributed by atoms with Gasteiger partial charge in [-0.25, -0.2) is 9.80 Å². The van der Waals surface area contributed by atoms with E-state index in [-0.39, 0.29) is 12.5 Å². The van der Waals surface area contributed by atoms with E-state index >= 15 is 0 Å². The molecule has 0 saturated carbocycles. The first-order valence-corrected chi connectivity index (χ1v) is 10.1. The number of carbonyl (C=O) groups is 3. The summed E-state index contributed by atoms with van der Waals surface area (Å²) < 4.78 is 10.7. The topological polar surface area (TPSA) is 104 Å². The molecule has 2 aliphatic heterocycles. The molecule has 1 fully saturated rings. The molecule has 2 aromatic rings. The summed E-state index contributed by atoms with van der Waals surface area (Å²) in [6, 6.07) is 9.26. The minimum atomic E-state index is -0.627. The van der Waals surface area contributed by atoms with Crippen LogP contribution in [0.4, 0.5) is 4.79 Å². The van der Waals surface area contributed by atoms with Crippen LogP contribution in [-0.2, 0) is 9.59 Å². The van der Waals surface area contributed by atoms with Crippen molar-refractivity contribution in [2.45, 2.75) is 32.4 Å². The summed E-state index contributed by atoms with van der Waals surface area (Å²) in [6.45, 7) is 3.30. The van der Waals surface area contributed by atoms with E-state index in [0.717, 1.165) is 16.2 Å². The van der Waals surface area contributed by atoms with Gasteiger partial charge in [0.2, 0.25) is 0 Å². The quantitative estimate of drug-likeness (QED) is 0.718. The molecule has 1 aromatic heterocycles. The number of nitrogens with zero attached hydrogens (tertiary/aromatic N) is 3. The summed E-state index contributed by atoms with van der Waals surface area (Å²) in [4.78, 5) is 38.9. The first-order chi connectivity index (χ1) is 14.9. The number of urea groups is 1. The molecule has 9 heteroatoms. The molecule has 4 amide bonds. The first-order valence-electron chi connectivity index (χ1n) is 10.1. The Balaban J connectivity index is 1.58. The van der Waals surface area contributed by atoms with Gasteiger partial charge in [-0.3, -0.25) is 14.5 Å². The molecular formula is C22H24N4O5. The molecule has 1 N–H and O–H groups in total. The molecule has 1 aromatic carbocycles. The van der Waals surface area contributed by atoms with Crippen LogP contribution in [0, 0.1) is 5.92 Å². The van der Waals surface area contributed by atoms with Gasteiger partial charge in [-0.1, -0.05) is 13.8 Å². The summed E-state index contributed by atoms with van der Waals surface area (Å²) >= 11 is 0. The number of nitrogens with one attached hydrogen (secondary N) is 1. The molecule has 3 heterocycles. The number of carbonyl (C=O) groups excluding carboxylic acids is 3. The van der Waals surface area contributed by atoms with Crippen molar-refractivity contribution in [3.63, 3.8) is 0 Å². The van der Waals surface area contributed by atoms with Crippen LogP contribution in [0.2, 0.25) is 0 Å². The largest absolute Gasteiger partial charge is 0.497 e. The number of hydrazone groups is 1. The molecular weight excluding hydrogens is 400 g/mol. The number of methoxy groups -OCH3 is 1. The highest BCUT2D eigenvalue weighted by molar-refractivity contribution is 6.07. The van der Waals surface area contributed by atoms with Gasteiger partial charge in [-0.2, -0.15) is 5.10 Å². The number of hydrogen-bond donors (Lipinski definition) is 1. The number of hydrogen-bond acceptors (Lipinski definition) is 6. The standard InChI is InChI=1S/C22H24N4O5/c1-13(2)20-21(28)25(22(29)23-20)12-19(27)26-17(18-5-4-10-31-18)11-16(24-26)14-6-8-15(30-3)9-7-14/h4-10,13,17,20H,11-12H2,1-3H3,(H,23,29)/t17-,20-/m1/s1. The third-order valence-electron chi connectivity index (χ3n) is 5.48. The van der Waals surface area contributed by atoms with Crippen molar-refractivity contribution >= 4 is 23.6 Å². The van der Waals surface area contributed by atoms with Crippen molar-refractivity contribution in [3.8, 4) is 5.75 Å². The minimum Gasteiger partial charge on any atom is -0.497 e. The number of imide groups is 1. The van der Waals surface area contributed by atoms with Crippen LogP contribution in [0.5, 0.6) is 5.75 Å². The molecule has 0 unspecified atom stereocenters. The highest BCUT2D eigenvalue weighted by atomic mass is 16.5. The van der Waals surface area contributed by atoms with Crippen molar-refractivity contribution in [1.29, 1.82) is 0 Å². The first kappa shape index (κ1) is 20.6. The van der Waals surface area contributed by atoms with E-state index in [0.29, 0.717) is 17.9 Å². The second-order valence-electron chi connectivity index (χ2n) is 7.84. The summed E-state index contributed by atoms with van der Waals surface area (Å²) in [5, 5.41) is 8.47. The van der Waals surface area contributed by atoms with Crippen LogP contribution >= 0.6 is 0 Å². The lowest BCUT2D eigenvalue weighted by Crippen LogP contribution is -2.42. The number of amides is 4. The fourth-order valence-electron chi connectivity index (χ4n) is 3.75. The second-order valence-corrected chi connectivity index (χ2v) is 7.84. The fraction of sp³-hybridized carbons (Fsp3) is 0.364. The van der Waals surface area contributed by atoms with E-state index in [1.807, 2.05) is 38.1 Å². The summed E-state index contributed by atoms with van der Waals surface area (Å²) in [6.07, 6.45) is 1.98. The fourth-order valence-corrected chi connectivity index (χ4v) is 3.75. The van der Waals surface area contributed by atoms with Gasteiger partial charge in [0.05, 0.1) is 19.1 Å². The Bertz CT molecular complexity index is 1010. The summed E-state index contributed by atoms with van der Waals surface area (Å²) in [5.74, 6) is 0.368. The van der Waals surface area contributed by atoms with Crippen LogP contribution in [0.25, 0.3) is 0 Å². The average molecular weight is 424 g/mol. The molecule has 162 valence electrons. The Kier molecular flexibility index (Phi) is 5.50. The highest BCUT2D eigenvalue weighted by Crippen LogP contribution is 2.33. The van der Waals surface area contributed by atoms with Crippen LogP contribution in [0.1, 0.15) is 37.6 Å². The Labute approximate surface area is 179 Å². The van der Waals surface area contributed by atoms with Gasteiger partial charge in [0.1, 0.15) is 30.1 Å². The molecule has 1 saturated heterocycles. The third kappa shape index (κ3) is 3.90. The zero-order valence-electron chi connectivity index (χ0n) is 17.6. The van der Waals surface area contributed by atoms with Crippen molar-refractivity contribution in [2.75, 3.05) is 13.7 Å². The normalized spacial score (nSPS) is 21.0. The van der Waals surface area contributed by atoms with E-state index in [1.54, 1.807) is 19.2 Å². The van der Waals surface area contributed by atoms with E-state index in [9.17, 15) is 14.4 Å². The van der Waals surface area contributed by atoms with Gasteiger partial charge >= 0.3 is 6.03 Å². The van der Waals surface area contributed by atoms with Crippen molar-refractivity contribution in [2.24, 2.45) is 11.0 Å². The minimum absolute atomic E-state index is 0.0705. The maximum atomic E-state index is 13.1. The van der Waals surface area contributed by atoms with Crippen LogP contribution < -0.4 is 10.1 Å². The summed E-state index contributed by atoms with van der Waals surface area (Å²) in [7, 11) is 1.59. The number of ether oxygens (including phenoxy) is 1. The molecule has 0 aliphatic carbocycles.